The summed E-state index contributed by atoms with van der Waals surface area (Å²) < 4.78 is 29.0. The van der Waals surface area contributed by atoms with Gasteiger partial charge in [-0.2, -0.15) is 0 Å². The zero-order valence-electron chi connectivity index (χ0n) is 13.0. The molecule has 0 saturated heterocycles. The van der Waals surface area contributed by atoms with Gasteiger partial charge in [0, 0.05) is 11.3 Å². The first kappa shape index (κ1) is 18.1. The van der Waals surface area contributed by atoms with Gasteiger partial charge in [0.1, 0.15) is 11.5 Å². The van der Waals surface area contributed by atoms with Gasteiger partial charge < -0.3 is 9.26 Å². The molecule has 0 spiro atoms. The minimum Gasteiger partial charge on any atom is -0.497 e. The Morgan fingerprint density at radius 1 is 1.33 bits per heavy atom. The Bertz CT molecular complexity index is 516. The molecular weight excluding hydrogens is 307 g/mol. The van der Waals surface area contributed by atoms with Crippen molar-refractivity contribution in [3.8, 4) is 11.5 Å². The van der Waals surface area contributed by atoms with Crippen LogP contribution in [0.5, 0.6) is 11.5 Å². The van der Waals surface area contributed by atoms with Crippen molar-refractivity contribution in [2.45, 2.75) is 27.2 Å². The van der Waals surface area contributed by atoms with Crippen LogP contribution in [0.2, 0.25) is 0 Å². The van der Waals surface area contributed by atoms with Crippen LogP contribution in [-0.2, 0) is 9.09 Å². The molecule has 0 heterocycles. The number of hydrogen-bond acceptors (Lipinski definition) is 5. The van der Waals surface area contributed by atoms with Gasteiger partial charge in [0.05, 0.1) is 13.7 Å². The van der Waals surface area contributed by atoms with Gasteiger partial charge in [-0.1, -0.05) is 19.1 Å². The fourth-order valence-corrected chi connectivity index (χ4v) is 5.09. The summed E-state index contributed by atoms with van der Waals surface area (Å²) in [7, 11) is 1.61. The lowest BCUT2D eigenvalue weighted by Gasteiger charge is -2.19. The van der Waals surface area contributed by atoms with Crippen LogP contribution in [0.1, 0.15) is 32.8 Å². The highest BCUT2D eigenvalue weighted by Crippen LogP contribution is 2.60. The lowest BCUT2D eigenvalue weighted by molar-refractivity contribution is 0.296. The number of ether oxygens (including phenoxy) is 1. The molecule has 0 aliphatic rings. The summed E-state index contributed by atoms with van der Waals surface area (Å²) in [6.07, 6.45) is 4.69. The SMILES string of the molecule is CC=Cc1cc(OC)ccc1OP(=O)(OCC)SCCC. The van der Waals surface area contributed by atoms with Gasteiger partial charge in [0.2, 0.25) is 0 Å². The summed E-state index contributed by atoms with van der Waals surface area (Å²) in [6, 6.07) is 5.38. The quantitative estimate of drug-likeness (QED) is 0.568. The molecule has 0 aromatic heterocycles. The molecule has 0 saturated carbocycles. The Kier molecular flexibility index (Phi) is 7.94. The Labute approximate surface area is 131 Å². The molecule has 1 aromatic rings. The monoisotopic (exact) mass is 330 g/mol. The molecule has 0 aliphatic carbocycles. The predicted octanol–water partition coefficient (Wildman–Crippen LogP) is 5.39. The normalized spacial score (nSPS) is 14.1. The van der Waals surface area contributed by atoms with E-state index in [1.54, 1.807) is 19.2 Å². The molecule has 0 aliphatic heterocycles. The average Bonchev–Trinajstić information content (AvgIpc) is 2.47. The molecule has 21 heavy (non-hydrogen) atoms. The summed E-state index contributed by atoms with van der Waals surface area (Å²) in [5.41, 5.74) is 0.814. The van der Waals surface area contributed by atoms with Gasteiger partial charge >= 0.3 is 6.80 Å². The molecule has 0 N–H and O–H groups in total. The van der Waals surface area contributed by atoms with Crippen LogP contribution in [0.15, 0.2) is 24.3 Å². The first-order valence-electron chi connectivity index (χ1n) is 6.98. The maximum Gasteiger partial charge on any atom is 0.440 e. The number of rotatable bonds is 9. The highest BCUT2D eigenvalue weighted by atomic mass is 32.7. The van der Waals surface area contributed by atoms with Crippen molar-refractivity contribution in [3.63, 3.8) is 0 Å². The molecule has 1 aromatic carbocycles. The zero-order valence-corrected chi connectivity index (χ0v) is 14.7. The van der Waals surface area contributed by atoms with Crippen LogP contribution in [0, 0.1) is 0 Å². The van der Waals surface area contributed by atoms with Crippen molar-refractivity contribution in [3.05, 3.63) is 29.8 Å². The van der Waals surface area contributed by atoms with Gasteiger partial charge in [0.15, 0.2) is 0 Å². The molecular formula is C15H23O4PS. The first-order valence-corrected chi connectivity index (χ1v) is 10.1. The number of methoxy groups -OCH3 is 1. The summed E-state index contributed by atoms with van der Waals surface area (Å²) in [6.45, 7) is 2.91. The van der Waals surface area contributed by atoms with Gasteiger partial charge in [-0.15, -0.1) is 0 Å². The summed E-state index contributed by atoms with van der Waals surface area (Å²) in [4.78, 5) is 0. The highest BCUT2D eigenvalue weighted by molar-refractivity contribution is 8.55. The van der Waals surface area contributed by atoms with Gasteiger partial charge in [-0.3, -0.25) is 4.52 Å². The van der Waals surface area contributed by atoms with E-state index in [-0.39, 0.29) is 0 Å². The van der Waals surface area contributed by atoms with Crippen molar-refractivity contribution in [1.82, 2.24) is 0 Å². The Balaban J connectivity index is 3.04. The number of benzene rings is 1. The fraction of sp³-hybridized carbons (Fsp3) is 0.467. The van der Waals surface area contributed by atoms with Crippen molar-refractivity contribution < 1.29 is 18.3 Å². The topological polar surface area (TPSA) is 44.8 Å². The standard InChI is InChI=1S/C15H23O4PS/c1-5-8-13-12-14(17-4)9-10-15(13)19-20(16,18-7-3)21-11-6-2/h5,8-10,12H,6-7,11H2,1-4H3. The molecule has 118 valence electrons. The van der Waals surface area contributed by atoms with Crippen molar-refractivity contribution in [2.75, 3.05) is 19.5 Å². The van der Waals surface area contributed by atoms with Crippen molar-refractivity contribution in [1.29, 1.82) is 0 Å². The van der Waals surface area contributed by atoms with E-state index in [1.807, 2.05) is 39.0 Å². The maximum absolute atomic E-state index is 12.7. The van der Waals surface area contributed by atoms with Crippen LogP contribution >= 0.6 is 18.2 Å². The van der Waals surface area contributed by atoms with E-state index in [0.717, 1.165) is 23.5 Å². The average molecular weight is 330 g/mol. The Morgan fingerprint density at radius 3 is 2.67 bits per heavy atom. The molecule has 6 heteroatoms. The second kappa shape index (κ2) is 9.19. The van der Waals surface area contributed by atoms with Gasteiger partial charge in [-0.05, 0) is 49.8 Å². The van der Waals surface area contributed by atoms with E-state index in [9.17, 15) is 4.57 Å². The van der Waals surface area contributed by atoms with E-state index in [1.165, 1.54) is 11.4 Å². The lowest BCUT2D eigenvalue weighted by atomic mass is 10.2. The predicted molar refractivity (Wildman–Crippen MR) is 90.3 cm³/mol. The van der Waals surface area contributed by atoms with Crippen LogP contribution in [-0.4, -0.2) is 19.5 Å². The highest BCUT2D eigenvalue weighted by Gasteiger charge is 2.27. The third-order valence-electron chi connectivity index (χ3n) is 2.51. The summed E-state index contributed by atoms with van der Waals surface area (Å²) in [5, 5.41) is 0. The van der Waals surface area contributed by atoms with Crippen LogP contribution in [0.25, 0.3) is 6.08 Å². The fourth-order valence-electron chi connectivity index (χ4n) is 1.62. The van der Waals surface area contributed by atoms with Crippen LogP contribution in [0.4, 0.5) is 0 Å². The van der Waals surface area contributed by atoms with E-state index in [2.05, 4.69) is 0 Å². The van der Waals surface area contributed by atoms with Crippen molar-refractivity contribution in [2.24, 2.45) is 0 Å². The maximum atomic E-state index is 12.7. The van der Waals surface area contributed by atoms with E-state index in [0.29, 0.717) is 12.4 Å². The second-order valence-electron chi connectivity index (χ2n) is 4.19. The lowest BCUT2D eigenvalue weighted by Crippen LogP contribution is -1.98. The minimum atomic E-state index is -3.19. The first-order chi connectivity index (χ1) is 10.1. The molecule has 0 amide bonds. The van der Waals surface area contributed by atoms with E-state index in [4.69, 9.17) is 13.8 Å². The Hall–Kier alpha value is -0.900. The number of hydrogen-bond donors (Lipinski definition) is 0. The third-order valence-corrected chi connectivity index (χ3v) is 6.45. The Morgan fingerprint density at radius 2 is 2.10 bits per heavy atom. The molecule has 0 fully saturated rings. The molecule has 1 atom stereocenters. The summed E-state index contributed by atoms with van der Waals surface area (Å²) in [5.74, 6) is 1.99. The number of allylic oxidation sites excluding steroid dienone is 1. The molecule has 4 nitrogen and oxygen atoms in total. The van der Waals surface area contributed by atoms with E-state index >= 15 is 0 Å². The summed E-state index contributed by atoms with van der Waals surface area (Å²) >= 11 is 1.24. The van der Waals surface area contributed by atoms with Crippen LogP contribution < -0.4 is 9.26 Å². The van der Waals surface area contributed by atoms with Crippen molar-refractivity contribution >= 4 is 24.3 Å². The van der Waals surface area contributed by atoms with Gasteiger partial charge in [-0.25, -0.2) is 4.57 Å². The molecule has 1 rings (SSSR count). The third kappa shape index (κ3) is 5.77. The second-order valence-corrected chi connectivity index (χ2v) is 8.31. The molecule has 0 radical (unpaired) electrons. The van der Waals surface area contributed by atoms with E-state index < -0.39 is 6.80 Å². The minimum absolute atomic E-state index is 0.350. The van der Waals surface area contributed by atoms with Gasteiger partial charge in [0.25, 0.3) is 0 Å². The molecule has 1 unspecified atom stereocenters. The van der Waals surface area contributed by atoms with Crippen LogP contribution in [0.3, 0.4) is 0 Å². The molecule has 0 bridgehead atoms. The zero-order chi connectivity index (χ0) is 15.7. The largest absolute Gasteiger partial charge is 0.497 e. The smallest absolute Gasteiger partial charge is 0.440 e.